The lowest BCUT2D eigenvalue weighted by atomic mass is 9.86. The van der Waals surface area contributed by atoms with E-state index in [9.17, 15) is 19.2 Å². The highest BCUT2D eigenvalue weighted by atomic mass is 16.3. The van der Waals surface area contributed by atoms with Crippen molar-refractivity contribution >= 4 is 24.0 Å². The van der Waals surface area contributed by atoms with Gasteiger partial charge in [0.25, 0.3) is 0 Å². The van der Waals surface area contributed by atoms with Crippen LogP contribution in [0.5, 0.6) is 0 Å². The molecule has 0 heterocycles. The normalized spacial score (nSPS) is 18.1. The van der Waals surface area contributed by atoms with Gasteiger partial charge in [-0.05, 0) is 25.2 Å². The van der Waals surface area contributed by atoms with Crippen LogP contribution in [0.1, 0.15) is 64.2 Å². The fourth-order valence-corrected chi connectivity index (χ4v) is 3.30. The molecule has 1 aliphatic carbocycles. The lowest BCUT2D eigenvalue weighted by molar-refractivity contribution is -0.132. The molecular formula is C18H32N4O5. The molecule has 0 radical (unpaired) electrons. The van der Waals surface area contributed by atoms with Crippen LogP contribution in [0.4, 0.5) is 0 Å². The molecule has 1 aliphatic rings. The molecule has 1 rings (SSSR count). The number of hydrogen-bond donors (Lipinski definition) is 5. The van der Waals surface area contributed by atoms with Gasteiger partial charge in [-0.3, -0.25) is 14.4 Å². The average Bonchev–Trinajstić information content (AvgIpc) is 2.63. The van der Waals surface area contributed by atoms with Crippen molar-refractivity contribution in [3.8, 4) is 0 Å². The van der Waals surface area contributed by atoms with E-state index < -0.39 is 30.1 Å². The highest BCUT2D eigenvalue weighted by Crippen LogP contribution is 2.27. The first-order chi connectivity index (χ1) is 12.8. The summed E-state index contributed by atoms with van der Waals surface area (Å²) in [6.45, 7) is 0. The van der Waals surface area contributed by atoms with Gasteiger partial charge in [0.2, 0.25) is 17.7 Å². The number of carbonyl (C=O) groups is 4. The molecule has 3 atom stereocenters. The molecule has 1 saturated carbocycles. The number of carbonyl (C=O) groups excluding carboxylic acids is 4. The number of aliphatic hydroxyl groups is 1. The molecular weight excluding hydrogens is 352 g/mol. The summed E-state index contributed by atoms with van der Waals surface area (Å²) in [6, 6.07) is -2.10. The Morgan fingerprint density at radius 1 is 1.07 bits per heavy atom. The van der Waals surface area contributed by atoms with E-state index in [1.807, 2.05) is 0 Å². The summed E-state index contributed by atoms with van der Waals surface area (Å²) in [7, 11) is 0. The maximum atomic E-state index is 12.3. The zero-order valence-electron chi connectivity index (χ0n) is 15.7. The molecule has 0 aromatic carbocycles. The van der Waals surface area contributed by atoms with Crippen molar-refractivity contribution < 1.29 is 24.3 Å². The van der Waals surface area contributed by atoms with Crippen LogP contribution in [-0.4, -0.2) is 47.4 Å². The summed E-state index contributed by atoms with van der Waals surface area (Å²) in [5.74, 6) is -1.21. The van der Waals surface area contributed by atoms with Crippen molar-refractivity contribution in [1.82, 2.24) is 10.6 Å². The Balaban J connectivity index is 2.52. The molecule has 0 aromatic heterocycles. The Bertz CT molecular complexity index is 506. The highest BCUT2D eigenvalue weighted by Gasteiger charge is 2.26. The second kappa shape index (κ2) is 12.4. The molecule has 0 saturated heterocycles. The lowest BCUT2D eigenvalue weighted by Gasteiger charge is -2.23. The van der Waals surface area contributed by atoms with Crippen LogP contribution in [0, 0.1) is 5.92 Å². The second-order valence-corrected chi connectivity index (χ2v) is 7.17. The summed E-state index contributed by atoms with van der Waals surface area (Å²) >= 11 is 0. The van der Waals surface area contributed by atoms with Gasteiger partial charge < -0.3 is 32.0 Å². The largest absolute Gasteiger partial charge is 0.379 e. The molecule has 1 fully saturated rings. The summed E-state index contributed by atoms with van der Waals surface area (Å²) < 4.78 is 0. The number of hydrogen-bond acceptors (Lipinski definition) is 6. The number of amides is 3. The summed E-state index contributed by atoms with van der Waals surface area (Å²) in [4.78, 5) is 46.8. The first-order valence-corrected chi connectivity index (χ1v) is 9.59. The van der Waals surface area contributed by atoms with Crippen molar-refractivity contribution in [1.29, 1.82) is 0 Å². The molecule has 27 heavy (non-hydrogen) atoms. The van der Waals surface area contributed by atoms with Crippen LogP contribution in [-0.2, 0) is 19.2 Å². The minimum Gasteiger partial charge on any atom is -0.379 e. The molecule has 9 heteroatoms. The molecule has 0 spiro atoms. The van der Waals surface area contributed by atoms with Gasteiger partial charge in [-0.15, -0.1) is 0 Å². The Hall–Kier alpha value is -2.00. The minimum atomic E-state index is -1.13. The Kier molecular flexibility index (Phi) is 10.6. The van der Waals surface area contributed by atoms with Gasteiger partial charge in [-0.1, -0.05) is 32.1 Å². The maximum Gasteiger partial charge on any atom is 0.243 e. The van der Waals surface area contributed by atoms with Crippen LogP contribution in [0.2, 0.25) is 0 Å². The second-order valence-electron chi connectivity index (χ2n) is 7.17. The Morgan fingerprint density at radius 2 is 1.74 bits per heavy atom. The number of aliphatic hydroxyl groups excluding tert-OH is 1. The standard InChI is InChI=1S/C18H32N4O5/c19-15(24)8-7-13(17(20)26)22-18(27)14(10-11-23)21-16(25)9-6-12-4-2-1-3-5-12/h11-15,24H,1-10,19H2,(H2,20,26)(H,21,25)(H,22,27)/t13?,14-,15?/m1/s1. The van der Waals surface area contributed by atoms with Crippen molar-refractivity contribution in [2.45, 2.75) is 82.5 Å². The SMILES string of the molecule is NC(=O)C(CCC(N)O)NC(=O)[C@@H](CC=O)NC(=O)CCC1CCCCC1. The smallest absolute Gasteiger partial charge is 0.243 e. The Morgan fingerprint density at radius 3 is 2.30 bits per heavy atom. The molecule has 9 nitrogen and oxygen atoms in total. The lowest BCUT2D eigenvalue weighted by Crippen LogP contribution is -2.53. The number of rotatable bonds is 12. The van der Waals surface area contributed by atoms with Gasteiger partial charge >= 0.3 is 0 Å². The monoisotopic (exact) mass is 384 g/mol. The first-order valence-electron chi connectivity index (χ1n) is 9.59. The molecule has 3 amide bonds. The van der Waals surface area contributed by atoms with Crippen LogP contribution < -0.4 is 22.1 Å². The van der Waals surface area contributed by atoms with E-state index in [1.165, 1.54) is 19.3 Å². The van der Waals surface area contributed by atoms with Crippen molar-refractivity contribution in [3.05, 3.63) is 0 Å². The molecule has 0 aliphatic heterocycles. The van der Waals surface area contributed by atoms with Gasteiger partial charge in [0.15, 0.2) is 0 Å². The van der Waals surface area contributed by atoms with Crippen molar-refractivity contribution in [2.75, 3.05) is 0 Å². The summed E-state index contributed by atoms with van der Waals surface area (Å²) in [5.41, 5.74) is 10.5. The molecule has 0 aromatic rings. The molecule has 7 N–H and O–H groups in total. The molecule has 2 unspecified atom stereocenters. The zero-order chi connectivity index (χ0) is 20.2. The van der Waals surface area contributed by atoms with Crippen LogP contribution in [0.25, 0.3) is 0 Å². The van der Waals surface area contributed by atoms with Crippen molar-refractivity contribution in [3.63, 3.8) is 0 Å². The zero-order valence-corrected chi connectivity index (χ0v) is 15.7. The minimum absolute atomic E-state index is 0.0577. The van der Waals surface area contributed by atoms with Gasteiger partial charge in [-0.2, -0.15) is 0 Å². The van der Waals surface area contributed by atoms with E-state index in [2.05, 4.69) is 10.6 Å². The van der Waals surface area contributed by atoms with Crippen LogP contribution >= 0.6 is 0 Å². The molecule has 0 bridgehead atoms. The molecule has 154 valence electrons. The fraction of sp³-hybridized carbons (Fsp3) is 0.778. The summed E-state index contributed by atoms with van der Waals surface area (Å²) in [6.07, 6.45) is 6.26. The van der Waals surface area contributed by atoms with Gasteiger partial charge in [0.1, 0.15) is 24.6 Å². The van der Waals surface area contributed by atoms with Crippen LogP contribution in [0.15, 0.2) is 0 Å². The van der Waals surface area contributed by atoms with E-state index in [0.29, 0.717) is 18.6 Å². The number of nitrogens with two attached hydrogens (primary N) is 2. The van der Waals surface area contributed by atoms with Crippen molar-refractivity contribution in [2.24, 2.45) is 17.4 Å². The van der Waals surface area contributed by atoms with E-state index in [0.717, 1.165) is 19.3 Å². The van der Waals surface area contributed by atoms with E-state index >= 15 is 0 Å². The quantitative estimate of drug-likeness (QED) is 0.224. The number of nitrogens with one attached hydrogen (secondary N) is 2. The van der Waals surface area contributed by atoms with Gasteiger partial charge in [-0.25, -0.2) is 0 Å². The predicted molar refractivity (Wildman–Crippen MR) is 99.0 cm³/mol. The third kappa shape index (κ3) is 9.48. The third-order valence-corrected chi connectivity index (χ3v) is 4.90. The third-order valence-electron chi connectivity index (χ3n) is 4.90. The van der Waals surface area contributed by atoms with E-state index in [1.54, 1.807) is 0 Å². The first kappa shape index (κ1) is 23.0. The van der Waals surface area contributed by atoms with E-state index in [4.69, 9.17) is 16.6 Å². The fourth-order valence-electron chi connectivity index (χ4n) is 3.30. The highest BCUT2D eigenvalue weighted by molar-refractivity contribution is 5.92. The predicted octanol–water partition coefficient (Wildman–Crippen LogP) is -0.552. The summed E-state index contributed by atoms with van der Waals surface area (Å²) in [5, 5.41) is 14.1. The number of primary amides is 1. The topological polar surface area (TPSA) is 165 Å². The number of aldehydes is 1. The Labute approximate surface area is 159 Å². The average molecular weight is 384 g/mol. The van der Waals surface area contributed by atoms with Crippen LogP contribution in [0.3, 0.4) is 0 Å². The maximum absolute atomic E-state index is 12.3. The van der Waals surface area contributed by atoms with Gasteiger partial charge in [0.05, 0.1) is 0 Å². The van der Waals surface area contributed by atoms with Gasteiger partial charge in [0, 0.05) is 12.8 Å². The van der Waals surface area contributed by atoms with E-state index in [-0.39, 0.29) is 25.2 Å².